The normalized spacial score (nSPS) is 12.9. The maximum absolute atomic E-state index is 11.8. The van der Waals surface area contributed by atoms with Gasteiger partial charge in [0.1, 0.15) is 0 Å². The zero-order valence-electron chi connectivity index (χ0n) is 9.76. The zero-order valence-corrected chi connectivity index (χ0v) is 9.76. The number of esters is 1. The zero-order chi connectivity index (χ0) is 14.2. The lowest BCUT2D eigenvalue weighted by Crippen LogP contribution is -2.21. The van der Waals surface area contributed by atoms with Crippen LogP contribution in [0.1, 0.15) is 38.0 Å². The Bertz CT molecular complexity index is 622. The minimum absolute atomic E-state index is 0.00474. The van der Waals surface area contributed by atoms with Crippen LogP contribution < -0.4 is 5.32 Å². The first-order valence-electron chi connectivity index (χ1n) is 5.31. The number of carbonyl (C=O) groups excluding carboxylic acids is 3. The number of nitrogens with zero attached hydrogens (tertiary/aromatic N) is 1. The van der Waals surface area contributed by atoms with Gasteiger partial charge < -0.3 is 4.74 Å². The van der Waals surface area contributed by atoms with Crippen LogP contribution in [0.25, 0.3) is 0 Å². The van der Waals surface area contributed by atoms with E-state index in [0.717, 1.165) is 12.1 Å². The van der Waals surface area contributed by atoms with E-state index in [9.17, 15) is 24.5 Å². The standard InChI is InChI=1S/C11H8N2O6/c1-2-19-11(16)8-6(13(17)18)4-3-5-7(8)10(15)12-9(5)14/h3-4H,2H2,1H3,(H,12,14,15). The summed E-state index contributed by atoms with van der Waals surface area (Å²) in [6.45, 7) is 1.52. The summed E-state index contributed by atoms with van der Waals surface area (Å²) in [5.74, 6) is -2.54. The Morgan fingerprint density at radius 3 is 2.63 bits per heavy atom. The molecule has 1 aliphatic rings. The molecule has 1 aliphatic heterocycles. The molecular weight excluding hydrogens is 256 g/mol. The molecule has 2 amide bonds. The Labute approximate surface area is 106 Å². The second kappa shape index (κ2) is 4.48. The topological polar surface area (TPSA) is 116 Å². The van der Waals surface area contributed by atoms with Gasteiger partial charge in [-0.1, -0.05) is 0 Å². The summed E-state index contributed by atoms with van der Waals surface area (Å²) >= 11 is 0. The predicted molar refractivity (Wildman–Crippen MR) is 60.8 cm³/mol. The number of ether oxygens (including phenoxy) is 1. The van der Waals surface area contributed by atoms with Crippen molar-refractivity contribution in [3.8, 4) is 0 Å². The predicted octanol–water partition coefficient (Wildman–Crippen LogP) is 0.655. The number of benzene rings is 1. The minimum atomic E-state index is -1.00. The van der Waals surface area contributed by atoms with Gasteiger partial charge >= 0.3 is 5.97 Å². The molecule has 0 bridgehead atoms. The lowest BCUT2D eigenvalue weighted by Gasteiger charge is -2.06. The summed E-state index contributed by atoms with van der Waals surface area (Å²) in [5.41, 5.74) is -1.44. The van der Waals surface area contributed by atoms with Crippen molar-refractivity contribution in [2.45, 2.75) is 6.92 Å². The number of amides is 2. The highest BCUT2D eigenvalue weighted by molar-refractivity contribution is 6.25. The second-order valence-electron chi connectivity index (χ2n) is 3.64. The van der Waals surface area contributed by atoms with Crippen LogP contribution in [-0.2, 0) is 4.74 Å². The van der Waals surface area contributed by atoms with Gasteiger partial charge in [-0.3, -0.25) is 25.0 Å². The second-order valence-corrected chi connectivity index (χ2v) is 3.64. The molecule has 0 unspecified atom stereocenters. The number of nitrogens with one attached hydrogen (secondary N) is 1. The van der Waals surface area contributed by atoms with Crippen LogP contribution in [0.3, 0.4) is 0 Å². The van der Waals surface area contributed by atoms with Crippen molar-refractivity contribution in [3.05, 3.63) is 38.9 Å². The molecule has 0 spiro atoms. The Hall–Kier alpha value is -2.77. The van der Waals surface area contributed by atoms with Crippen molar-refractivity contribution in [1.82, 2.24) is 5.32 Å². The van der Waals surface area contributed by atoms with E-state index < -0.39 is 34.0 Å². The fourth-order valence-electron chi connectivity index (χ4n) is 1.81. The summed E-state index contributed by atoms with van der Waals surface area (Å²) in [4.78, 5) is 44.9. The van der Waals surface area contributed by atoms with Gasteiger partial charge in [-0.15, -0.1) is 0 Å². The van der Waals surface area contributed by atoms with Gasteiger partial charge in [0.05, 0.1) is 22.7 Å². The third-order valence-corrected chi connectivity index (χ3v) is 2.56. The molecule has 8 heteroatoms. The molecule has 0 aliphatic carbocycles. The van der Waals surface area contributed by atoms with E-state index in [1.807, 2.05) is 5.32 Å². The van der Waals surface area contributed by atoms with Gasteiger partial charge in [-0.2, -0.15) is 0 Å². The Morgan fingerprint density at radius 2 is 2.05 bits per heavy atom. The fraction of sp³-hybridized carbons (Fsp3) is 0.182. The number of carbonyl (C=O) groups is 3. The number of imide groups is 1. The van der Waals surface area contributed by atoms with Gasteiger partial charge in [0.25, 0.3) is 17.5 Å². The van der Waals surface area contributed by atoms with E-state index in [1.54, 1.807) is 0 Å². The molecule has 8 nitrogen and oxygen atoms in total. The quantitative estimate of drug-likeness (QED) is 0.371. The molecule has 0 fully saturated rings. The Balaban J connectivity index is 2.73. The number of rotatable bonds is 3. The van der Waals surface area contributed by atoms with Crippen LogP contribution in [0.15, 0.2) is 12.1 Å². The highest BCUT2D eigenvalue weighted by Crippen LogP contribution is 2.29. The minimum Gasteiger partial charge on any atom is -0.462 e. The molecule has 19 heavy (non-hydrogen) atoms. The average Bonchev–Trinajstić information content (AvgIpc) is 2.64. The van der Waals surface area contributed by atoms with Gasteiger partial charge in [0.2, 0.25) is 0 Å². The van der Waals surface area contributed by atoms with Gasteiger partial charge in [0, 0.05) is 6.07 Å². The van der Waals surface area contributed by atoms with Crippen LogP contribution in [0.4, 0.5) is 5.69 Å². The van der Waals surface area contributed by atoms with Crippen molar-refractivity contribution in [3.63, 3.8) is 0 Å². The molecule has 0 atom stereocenters. The molecule has 0 radical (unpaired) electrons. The van der Waals surface area contributed by atoms with Crippen LogP contribution in [0.2, 0.25) is 0 Å². The van der Waals surface area contributed by atoms with Crippen LogP contribution in [0.5, 0.6) is 0 Å². The van der Waals surface area contributed by atoms with Gasteiger partial charge in [0.15, 0.2) is 5.56 Å². The van der Waals surface area contributed by atoms with Gasteiger partial charge in [-0.05, 0) is 13.0 Å². The number of hydrogen-bond donors (Lipinski definition) is 1. The van der Waals surface area contributed by atoms with Crippen LogP contribution in [-0.4, -0.2) is 29.3 Å². The molecule has 98 valence electrons. The van der Waals surface area contributed by atoms with Crippen molar-refractivity contribution in [2.75, 3.05) is 6.61 Å². The molecular formula is C11H8N2O6. The molecule has 2 rings (SSSR count). The van der Waals surface area contributed by atoms with Crippen LogP contribution >= 0.6 is 0 Å². The molecule has 1 aromatic rings. The summed E-state index contributed by atoms with van der Waals surface area (Å²) in [5, 5.41) is 12.9. The first-order valence-corrected chi connectivity index (χ1v) is 5.31. The number of nitro groups is 1. The van der Waals surface area contributed by atoms with E-state index in [-0.39, 0.29) is 17.7 Å². The SMILES string of the molecule is CCOC(=O)c1c([N+](=O)[O-])ccc2c1C(=O)NC2=O. The van der Waals surface area contributed by atoms with E-state index >= 15 is 0 Å². The summed E-state index contributed by atoms with van der Waals surface area (Å²) in [6, 6.07) is 2.14. The molecule has 0 saturated heterocycles. The lowest BCUT2D eigenvalue weighted by atomic mass is 10.0. The smallest absolute Gasteiger partial charge is 0.346 e. The van der Waals surface area contributed by atoms with Gasteiger partial charge in [-0.25, -0.2) is 4.79 Å². The highest BCUT2D eigenvalue weighted by Gasteiger charge is 2.37. The Morgan fingerprint density at radius 1 is 1.37 bits per heavy atom. The lowest BCUT2D eigenvalue weighted by molar-refractivity contribution is -0.385. The van der Waals surface area contributed by atoms with Crippen LogP contribution in [0, 0.1) is 10.1 Å². The molecule has 0 saturated carbocycles. The Kier molecular flexibility index (Phi) is 2.99. The largest absolute Gasteiger partial charge is 0.462 e. The summed E-state index contributed by atoms with van der Waals surface area (Å²) in [7, 11) is 0. The monoisotopic (exact) mass is 264 g/mol. The molecule has 1 aromatic carbocycles. The van der Waals surface area contributed by atoms with Crippen molar-refractivity contribution in [2.24, 2.45) is 0 Å². The fourth-order valence-corrected chi connectivity index (χ4v) is 1.81. The maximum Gasteiger partial charge on any atom is 0.346 e. The van der Waals surface area contributed by atoms with E-state index in [0.29, 0.717) is 0 Å². The third-order valence-electron chi connectivity index (χ3n) is 2.56. The van der Waals surface area contributed by atoms with E-state index in [1.165, 1.54) is 6.92 Å². The van der Waals surface area contributed by atoms with Crippen molar-refractivity contribution in [1.29, 1.82) is 0 Å². The summed E-state index contributed by atoms with van der Waals surface area (Å²) < 4.78 is 4.69. The van der Waals surface area contributed by atoms with E-state index in [4.69, 9.17) is 4.74 Å². The number of nitro benzene ring substituents is 1. The number of fused-ring (bicyclic) bond motifs is 1. The first-order chi connectivity index (χ1) is 8.97. The average molecular weight is 264 g/mol. The molecule has 0 aromatic heterocycles. The molecule has 1 N–H and O–H groups in total. The van der Waals surface area contributed by atoms with Crippen molar-refractivity contribution < 1.29 is 24.0 Å². The number of hydrogen-bond acceptors (Lipinski definition) is 6. The summed E-state index contributed by atoms with van der Waals surface area (Å²) in [6.07, 6.45) is 0. The first kappa shape index (κ1) is 12.7. The molecule has 1 heterocycles. The third kappa shape index (κ3) is 1.92. The highest BCUT2D eigenvalue weighted by atomic mass is 16.6. The van der Waals surface area contributed by atoms with Crippen molar-refractivity contribution >= 4 is 23.5 Å². The van der Waals surface area contributed by atoms with E-state index in [2.05, 4.69) is 0 Å². The maximum atomic E-state index is 11.8.